The van der Waals surface area contributed by atoms with Gasteiger partial charge in [-0.1, -0.05) is 97.1 Å². The number of rotatable bonds is 7. The van der Waals surface area contributed by atoms with Gasteiger partial charge in [-0.25, -0.2) is 0 Å². The molecule has 0 saturated carbocycles. The molecule has 7 heteroatoms. The van der Waals surface area contributed by atoms with Gasteiger partial charge in [0.05, 0.1) is 13.8 Å². The molecule has 6 rings (SSSR count). The highest BCUT2D eigenvalue weighted by atomic mass is 35.5. The lowest BCUT2D eigenvalue weighted by molar-refractivity contribution is 0.398. The molecule has 0 radical (unpaired) electrons. The Bertz CT molecular complexity index is 1420. The summed E-state index contributed by atoms with van der Waals surface area (Å²) >= 11 is 6.51. The molecule has 0 amide bonds. The van der Waals surface area contributed by atoms with E-state index in [4.69, 9.17) is 21.3 Å². The fraction of sp³-hybridized carbons (Fsp3) is 0.129. The molecule has 0 spiro atoms. The van der Waals surface area contributed by atoms with Crippen LogP contribution in [-0.4, -0.2) is 28.7 Å². The standard InChI is InChI=1S/C31H26ClN5O/c1-38-29-27-28(34-30(32)35-29)37(22-36(27)21-23-12-11-19-33-20-23)31(24-13-5-2-6-14-24,25-15-7-3-8-16-25)26-17-9-4-10-18-26/h2-20H,21-22H2,1H3. The van der Waals surface area contributed by atoms with Crippen LogP contribution >= 0.6 is 11.6 Å². The van der Waals surface area contributed by atoms with Gasteiger partial charge in [0, 0.05) is 18.9 Å². The van der Waals surface area contributed by atoms with Gasteiger partial charge in [-0.15, -0.1) is 0 Å². The molecule has 0 atom stereocenters. The van der Waals surface area contributed by atoms with Crippen molar-refractivity contribution in [2.75, 3.05) is 23.6 Å². The van der Waals surface area contributed by atoms with E-state index in [2.05, 4.69) is 98.6 Å². The van der Waals surface area contributed by atoms with Gasteiger partial charge in [0.2, 0.25) is 11.2 Å². The molecule has 0 N–H and O–H groups in total. The first-order valence-corrected chi connectivity index (χ1v) is 12.8. The summed E-state index contributed by atoms with van der Waals surface area (Å²) in [5.41, 5.74) is 4.49. The van der Waals surface area contributed by atoms with Crippen molar-refractivity contribution >= 4 is 23.1 Å². The molecular formula is C31H26ClN5O. The van der Waals surface area contributed by atoms with Crippen molar-refractivity contribution in [1.29, 1.82) is 0 Å². The van der Waals surface area contributed by atoms with Crippen LogP contribution in [0, 0.1) is 0 Å². The summed E-state index contributed by atoms with van der Waals surface area (Å²) in [5, 5.41) is 0.136. The van der Waals surface area contributed by atoms with Crippen LogP contribution in [0.15, 0.2) is 116 Å². The Morgan fingerprint density at radius 2 is 1.37 bits per heavy atom. The molecule has 1 aliphatic heterocycles. The minimum atomic E-state index is -0.717. The lowest BCUT2D eigenvalue weighted by Crippen LogP contribution is -2.50. The average Bonchev–Trinajstić information content (AvgIpc) is 3.33. The summed E-state index contributed by atoms with van der Waals surface area (Å²) in [6.07, 6.45) is 3.66. The maximum Gasteiger partial charge on any atom is 0.244 e. The zero-order valence-electron chi connectivity index (χ0n) is 20.9. The third-order valence-corrected chi connectivity index (χ3v) is 7.13. The Hall–Kier alpha value is -4.42. The van der Waals surface area contributed by atoms with E-state index < -0.39 is 5.54 Å². The van der Waals surface area contributed by atoms with Crippen LogP contribution in [0.1, 0.15) is 22.3 Å². The summed E-state index contributed by atoms with van der Waals surface area (Å²) in [7, 11) is 1.61. The molecular weight excluding hydrogens is 494 g/mol. The fourth-order valence-electron chi connectivity index (χ4n) is 5.42. The highest BCUT2D eigenvalue weighted by Gasteiger charge is 2.48. The van der Waals surface area contributed by atoms with E-state index in [1.165, 1.54) is 0 Å². The molecule has 2 aromatic heterocycles. The van der Waals surface area contributed by atoms with E-state index in [9.17, 15) is 0 Å². The third-order valence-electron chi connectivity index (χ3n) is 6.96. The van der Waals surface area contributed by atoms with Gasteiger partial charge in [-0.2, -0.15) is 9.97 Å². The number of nitrogens with zero attached hydrogens (tertiary/aromatic N) is 5. The van der Waals surface area contributed by atoms with Crippen molar-refractivity contribution < 1.29 is 4.74 Å². The molecule has 3 aromatic carbocycles. The number of hydrogen-bond donors (Lipinski definition) is 0. The average molecular weight is 520 g/mol. The first kappa shape index (κ1) is 23.9. The van der Waals surface area contributed by atoms with E-state index in [0.717, 1.165) is 27.9 Å². The highest BCUT2D eigenvalue weighted by Crippen LogP contribution is 2.52. The van der Waals surface area contributed by atoms with Crippen LogP contribution in [-0.2, 0) is 12.1 Å². The number of hydrogen-bond acceptors (Lipinski definition) is 6. The number of benzene rings is 3. The monoisotopic (exact) mass is 519 g/mol. The molecule has 38 heavy (non-hydrogen) atoms. The first-order valence-electron chi connectivity index (χ1n) is 12.4. The van der Waals surface area contributed by atoms with Crippen LogP contribution in [0.25, 0.3) is 0 Å². The van der Waals surface area contributed by atoms with Crippen LogP contribution in [0.5, 0.6) is 5.88 Å². The van der Waals surface area contributed by atoms with Gasteiger partial charge in [-0.05, 0) is 39.9 Å². The van der Waals surface area contributed by atoms with Gasteiger partial charge in [0.25, 0.3) is 0 Å². The Balaban J connectivity index is 1.65. The second kappa shape index (κ2) is 10.1. The lowest BCUT2D eigenvalue weighted by atomic mass is 9.75. The van der Waals surface area contributed by atoms with Crippen LogP contribution in [0.4, 0.5) is 11.5 Å². The third kappa shape index (κ3) is 4.03. The zero-order chi connectivity index (χ0) is 26.0. The van der Waals surface area contributed by atoms with Crippen molar-refractivity contribution in [1.82, 2.24) is 15.0 Å². The zero-order valence-corrected chi connectivity index (χ0v) is 21.7. The summed E-state index contributed by atoms with van der Waals surface area (Å²) in [4.78, 5) is 18.1. The van der Waals surface area contributed by atoms with Gasteiger partial charge in [0.15, 0.2) is 5.82 Å². The van der Waals surface area contributed by atoms with Crippen molar-refractivity contribution in [2.24, 2.45) is 0 Å². The number of halogens is 1. The Morgan fingerprint density at radius 3 is 1.87 bits per heavy atom. The number of anilines is 2. The molecule has 5 aromatic rings. The van der Waals surface area contributed by atoms with E-state index in [1.807, 2.05) is 30.5 Å². The van der Waals surface area contributed by atoms with Crippen molar-refractivity contribution in [2.45, 2.75) is 12.1 Å². The fourth-order valence-corrected chi connectivity index (χ4v) is 5.58. The van der Waals surface area contributed by atoms with Crippen LogP contribution in [0.3, 0.4) is 0 Å². The van der Waals surface area contributed by atoms with Crippen molar-refractivity contribution in [3.05, 3.63) is 143 Å². The van der Waals surface area contributed by atoms with Crippen molar-refractivity contribution in [3.63, 3.8) is 0 Å². The molecule has 0 saturated heterocycles. The van der Waals surface area contributed by atoms with Gasteiger partial charge in [0.1, 0.15) is 11.2 Å². The number of methoxy groups -OCH3 is 1. The van der Waals surface area contributed by atoms with Gasteiger partial charge < -0.3 is 14.5 Å². The lowest BCUT2D eigenvalue weighted by Gasteiger charge is -2.44. The Kier molecular flexibility index (Phi) is 6.40. The first-order chi connectivity index (χ1) is 18.7. The topological polar surface area (TPSA) is 54.4 Å². The maximum absolute atomic E-state index is 6.51. The quantitative estimate of drug-likeness (QED) is 0.185. The summed E-state index contributed by atoms with van der Waals surface area (Å²) in [6, 6.07) is 35.6. The minimum absolute atomic E-state index is 0.136. The molecule has 6 nitrogen and oxygen atoms in total. The Morgan fingerprint density at radius 1 is 0.789 bits per heavy atom. The maximum atomic E-state index is 6.51. The predicted molar refractivity (Wildman–Crippen MR) is 151 cm³/mol. The predicted octanol–water partition coefficient (Wildman–Crippen LogP) is 6.31. The second-order valence-electron chi connectivity index (χ2n) is 9.11. The SMILES string of the molecule is COc1nc(Cl)nc2c1N(Cc1cccnc1)CN2C(c1ccccc1)(c1ccccc1)c1ccccc1. The van der Waals surface area contributed by atoms with Crippen LogP contribution in [0.2, 0.25) is 5.28 Å². The number of pyridine rings is 1. The normalized spacial score (nSPS) is 12.9. The molecule has 0 fully saturated rings. The summed E-state index contributed by atoms with van der Waals surface area (Å²) in [5.74, 6) is 1.15. The molecule has 0 aliphatic carbocycles. The number of fused-ring (bicyclic) bond motifs is 1. The molecule has 0 unspecified atom stereocenters. The van der Waals surface area contributed by atoms with E-state index in [-0.39, 0.29) is 5.28 Å². The van der Waals surface area contributed by atoms with Gasteiger partial charge in [-0.3, -0.25) is 4.98 Å². The molecule has 0 bridgehead atoms. The largest absolute Gasteiger partial charge is 0.479 e. The number of ether oxygens (including phenoxy) is 1. The minimum Gasteiger partial charge on any atom is -0.479 e. The Labute approximate surface area is 227 Å². The van der Waals surface area contributed by atoms with Crippen molar-refractivity contribution in [3.8, 4) is 5.88 Å². The second-order valence-corrected chi connectivity index (χ2v) is 9.45. The summed E-state index contributed by atoms with van der Waals surface area (Å²) in [6.45, 7) is 1.13. The molecule has 3 heterocycles. The highest BCUT2D eigenvalue weighted by molar-refractivity contribution is 6.28. The van der Waals surface area contributed by atoms with E-state index in [0.29, 0.717) is 24.9 Å². The molecule has 1 aliphatic rings. The molecule has 188 valence electrons. The number of aromatic nitrogens is 3. The van der Waals surface area contributed by atoms with Crippen LogP contribution < -0.4 is 14.5 Å². The van der Waals surface area contributed by atoms with E-state index >= 15 is 0 Å². The smallest absolute Gasteiger partial charge is 0.244 e. The van der Waals surface area contributed by atoms with Gasteiger partial charge >= 0.3 is 0 Å². The van der Waals surface area contributed by atoms with E-state index in [1.54, 1.807) is 13.3 Å². The summed E-state index contributed by atoms with van der Waals surface area (Å²) < 4.78 is 5.76.